The van der Waals surface area contributed by atoms with Crippen LogP contribution >= 0.6 is 15.9 Å². The van der Waals surface area contributed by atoms with Crippen LogP contribution in [-0.2, 0) is 4.79 Å². The van der Waals surface area contributed by atoms with E-state index < -0.39 is 23.7 Å². The number of carboxylic acid groups (broad SMARTS) is 1. The van der Waals surface area contributed by atoms with Gasteiger partial charge in [-0.3, -0.25) is 4.79 Å². The van der Waals surface area contributed by atoms with Crippen molar-refractivity contribution in [3.05, 3.63) is 34.1 Å². The second-order valence-corrected chi connectivity index (χ2v) is 5.39. The van der Waals surface area contributed by atoms with Gasteiger partial charge in [0.05, 0.1) is 5.56 Å². The van der Waals surface area contributed by atoms with Gasteiger partial charge in [0.1, 0.15) is 11.9 Å². The Labute approximate surface area is 118 Å². The van der Waals surface area contributed by atoms with E-state index in [0.717, 1.165) is 12.8 Å². The molecule has 0 aromatic heterocycles. The minimum atomic E-state index is -1.04. The molecule has 1 N–H and O–H groups in total. The molecule has 0 aliphatic carbocycles. The number of carbonyl (C=O) groups excluding carboxylic acids is 1. The van der Waals surface area contributed by atoms with Crippen LogP contribution in [0.25, 0.3) is 0 Å². The van der Waals surface area contributed by atoms with E-state index in [1.165, 1.54) is 23.1 Å². The zero-order valence-corrected chi connectivity index (χ0v) is 11.7. The Morgan fingerprint density at radius 3 is 2.79 bits per heavy atom. The highest BCUT2D eigenvalue weighted by molar-refractivity contribution is 9.10. The molecule has 0 unspecified atom stereocenters. The summed E-state index contributed by atoms with van der Waals surface area (Å²) < 4.78 is 14.3. The van der Waals surface area contributed by atoms with Crippen molar-refractivity contribution in [1.29, 1.82) is 0 Å². The van der Waals surface area contributed by atoms with Crippen molar-refractivity contribution in [2.24, 2.45) is 0 Å². The molecule has 4 nitrogen and oxygen atoms in total. The van der Waals surface area contributed by atoms with Crippen LogP contribution in [0.5, 0.6) is 0 Å². The van der Waals surface area contributed by atoms with Crippen molar-refractivity contribution < 1.29 is 19.1 Å². The van der Waals surface area contributed by atoms with Gasteiger partial charge in [0.25, 0.3) is 5.91 Å². The molecule has 6 heteroatoms. The summed E-state index contributed by atoms with van der Waals surface area (Å²) in [6, 6.07) is 3.21. The summed E-state index contributed by atoms with van der Waals surface area (Å²) in [5.41, 5.74) is -0.0949. The lowest BCUT2D eigenvalue weighted by Gasteiger charge is -2.33. The van der Waals surface area contributed by atoms with Crippen LogP contribution in [0, 0.1) is 5.82 Å². The van der Waals surface area contributed by atoms with E-state index in [1.54, 1.807) is 0 Å². The number of rotatable bonds is 2. The monoisotopic (exact) mass is 329 g/mol. The number of benzene rings is 1. The van der Waals surface area contributed by atoms with Gasteiger partial charge in [-0.1, -0.05) is 15.9 Å². The summed E-state index contributed by atoms with van der Waals surface area (Å²) in [6.07, 6.45) is 1.92. The van der Waals surface area contributed by atoms with Gasteiger partial charge in [-0.05, 0) is 37.5 Å². The summed E-state index contributed by atoms with van der Waals surface area (Å²) in [5, 5.41) is 9.13. The third kappa shape index (κ3) is 2.94. The minimum absolute atomic E-state index is 0.0949. The van der Waals surface area contributed by atoms with E-state index >= 15 is 0 Å². The minimum Gasteiger partial charge on any atom is -0.480 e. The maximum Gasteiger partial charge on any atom is 0.326 e. The molecular formula is C13H13BrFNO3. The van der Waals surface area contributed by atoms with Crippen LogP contribution in [0.3, 0.4) is 0 Å². The van der Waals surface area contributed by atoms with Crippen molar-refractivity contribution in [2.45, 2.75) is 25.3 Å². The van der Waals surface area contributed by atoms with Gasteiger partial charge < -0.3 is 10.0 Å². The first-order valence-corrected chi connectivity index (χ1v) is 6.79. The number of hydrogen-bond acceptors (Lipinski definition) is 2. The average molecular weight is 330 g/mol. The molecule has 1 aliphatic rings. The Morgan fingerprint density at radius 2 is 2.11 bits per heavy atom. The first-order chi connectivity index (χ1) is 9.00. The molecule has 2 rings (SSSR count). The zero-order chi connectivity index (χ0) is 14.0. The Kier molecular flexibility index (Phi) is 4.19. The van der Waals surface area contributed by atoms with E-state index in [1.807, 2.05) is 0 Å². The van der Waals surface area contributed by atoms with Gasteiger partial charge in [0.2, 0.25) is 0 Å². The van der Waals surface area contributed by atoms with Gasteiger partial charge in [-0.2, -0.15) is 0 Å². The number of likely N-dealkylation sites (tertiary alicyclic amines) is 1. The average Bonchev–Trinajstić information content (AvgIpc) is 2.40. The summed E-state index contributed by atoms with van der Waals surface area (Å²) in [4.78, 5) is 24.7. The molecule has 102 valence electrons. The molecule has 1 fully saturated rings. The number of carboxylic acids is 1. The van der Waals surface area contributed by atoms with Gasteiger partial charge in [0, 0.05) is 11.0 Å². The third-order valence-corrected chi connectivity index (χ3v) is 3.70. The van der Waals surface area contributed by atoms with Crippen molar-refractivity contribution >= 4 is 27.8 Å². The van der Waals surface area contributed by atoms with Crippen LogP contribution in [0.4, 0.5) is 4.39 Å². The smallest absolute Gasteiger partial charge is 0.326 e. The summed E-state index contributed by atoms with van der Waals surface area (Å²) >= 11 is 3.18. The van der Waals surface area contributed by atoms with Crippen molar-refractivity contribution in [3.63, 3.8) is 0 Å². The second kappa shape index (κ2) is 5.69. The maximum atomic E-state index is 13.7. The highest BCUT2D eigenvalue weighted by Gasteiger charge is 2.33. The lowest BCUT2D eigenvalue weighted by Crippen LogP contribution is -2.48. The molecule has 19 heavy (non-hydrogen) atoms. The number of piperidine rings is 1. The highest BCUT2D eigenvalue weighted by Crippen LogP contribution is 2.23. The third-order valence-electron chi connectivity index (χ3n) is 3.21. The number of amides is 1. The molecule has 0 radical (unpaired) electrons. The molecule has 1 amide bonds. The van der Waals surface area contributed by atoms with E-state index in [9.17, 15) is 14.0 Å². The topological polar surface area (TPSA) is 57.6 Å². The van der Waals surface area contributed by atoms with Gasteiger partial charge in [-0.25, -0.2) is 9.18 Å². The Hall–Kier alpha value is -1.43. The maximum absolute atomic E-state index is 13.7. The Morgan fingerprint density at radius 1 is 1.37 bits per heavy atom. The van der Waals surface area contributed by atoms with E-state index in [4.69, 9.17) is 5.11 Å². The number of nitrogens with zero attached hydrogens (tertiary/aromatic N) is 1. The highest BCUT2D eigenvalue weighted by atomic mass is 79.9. The molecule has 0 spiro atoms. The van der Waals surface area contributed by atoms with Crippen LogP contribution in [0.1, 0.15) is 29.6 Å². The number of aliphatic carboxylic acids is 1. The van der Waals surface area contributed by atoms with E-state index in [2.05, 4.69) is 15.9 Å². The fourth-order valence-corrected chi connectivity index (χ4v) is 2.61. The zero-order valence-electron chi connectivity index (χ0n) is 10.1. The van der Waals surface area contributed by atoms with Crippen molar-refractivity contribution in [2.75, 3.05) is 6.54 Å². The lowest BCUT2D eigenvalue weighted by atomic mass is 10.0. The van der Waals surface area contributed by atoms with Crippen LogP contribution < -0.4 is 0 Å². The molecule has 0 saturated carbocycles. The fourth-order valence-electron chi connectivity index (χ4n) is 2.25. The largest absolute Gasteiger partial charge is 0.480 e. The second-order valence-electron chi connectivity index (χ2n) is 4.47. The Bertz CT molecular complexity index is 521. The summed E-state index contributed by atoms with van der Waals surface area (Å²) in [6.45, 7) is 0.349. The molecule has 1 aromatic carbocycles. The lowest BCUT2D eigenvalue weighted by molar-refractivity contribution is -0.143. The summed E-state index contributed by atoms with van der Waals surface area (Å²) in [5.74, 6) is -2.24. The van der Waals surface area contributed by atoms with Gasteiger partial charge >= 0.3 is 5.97 Å². The molecule has 1 heterocycles. The number of hydrogen-bond donors (Lipinski definition) is 1. The van der Waals surface area contributed by atoms with Gasteiger partial charge in [0.15, 0.2) is 0 Å². The molecule has 1 aromatic rings. The quantitative estimate of drug-likeness (QED) is 0.907. The normalized spacial score (nSPS) is 19.3. The first-order valence-electron chi connectivity index (χ1n) is 5.99. The Balaban J connectivity index is 2.31. The predicted molar refractivity (Wildman–Crippen MR) is 70.4 cm³/mol. The standard InChI is InChI=1S/C13H13BrFNO3/c14-8-4-5-10(15)9(7-8)12(17)16-6-2-1-3-11(16)13(18)19/h4-5,7,11H,1-3,6H2,(H,18,19)/t11-/m1/s1. The molecule has 1 atom stereocenters. The predicted octanol–water partition coefficient (Wildman–Crippen LogP) is 2.67. The van der Waals surface area contributed by atoms with Crippen LogP contribution in [0.15, 0.2) is 22.7 Å². The SMILES string of the molecule is O=C(O)[C@H]1CCCCN1C(=O)c1cc(Br)ccc1F. The van der Waals surface area contributed by atoms with E-state index in [-0.39, 0.29) is 5.56 Å². The fraction of sp³-hybridized carbons (Fsp3) is 0.385. The summed E-state index contributed by atoms with van der Waals surface area (Å²) in [7, 11) is 0. The first kappa shape index (κ1) is 14.0. The molecule has 1 saturated heterocycles. The van der Waals surface area contributed by atoms with Crippen LogP contribution in [-0.4, -0.2) is 34.5 Å². The van der Waals surface area contributed by atoms with Gasteiger partial charge in [-0.15, -0.1) is 0 Å². The van der Waals surface area contributed by atoms with Crippen LogP contribution in [0.2, 0.25) is 0 Å². The van der Waals surface area contributed by atoms with E-state index in [0.29, 0.717) is 17.4 Å². The molecular weight excluding hydrogens is 317 g/mol. The molecule has 1 aliphatic heterocycles. The van der Waals surface area contributed by atoms with Crippen molar-refractivity contribution in [1.82, 2.24) is 4.90 Å². The number of carbonyl (C=O) groups is 2. The van der Waals surface area contributed by atoms with Crippen molar-refractivity contribution in [3.8, 4) is 0 Å². The number of halogens is 2. The molecule has 0 bridgehead atoms.